The lowest BCUT2D eigenvalue weighted by atomic mass is 10.2. The molecule has 0 atom stereocenters. The molecule has 2 aromatic carbocycles. The Kier molecular flexibility index (Phi) is 3.47. The lowest BCUT2D eigenvalue weighted by molar-refractivity contribution is -0.114. The third-order valence-electron chi connectivity index (χ3n) is 2.93. The zero-order chi connectivity index (χ0) is 14.7. The van der Waals surface area contributed by atoms with Gasteiger partial charge in [0.05, 0.1) is 5.52 Å². The van der Waals surface area contributed by atoms with E-state index in [2.05, 4.69) is 20.6 Å². The van der Waals surface area contributed by atoms with Crippen molar-refractivity contribution in [2.24, 2.45) is 0 Å². The minimum atomic E-state index is -0.198. The second-order valence-corrected chi connectivity index (χ2v) is 4.59. The van der Waals surface area contributed by atoms with E-state index >= 15 is 0 Å². The van der Waals surface area contributed by atoms with Gasteiger partial charge in [0.1, 0.15) is 5.82 Å². The first-order valence-electron chi connectivity index (χ1n) is 6.59. The molecule has 0 aliphatic carbocycles. The van der Waals surface area contributed by atoms with Crippen molar-refractivity contribution in [3.05, 3.63) is 54.6 Å². The Labute approximate surface area is 122 Å². The SMILES string of the molecule is CC(=O)Nc1nc(Nc2ccccc2)c2ccccc2n1. The van der Waals surface area contributed by atoms with Crippen molar-refractivity contribution in [2.75, 3.05) is 10.6 Å². The lowest BCUT2D eigenvalue weighted by Crippen LogP contribution is -2.10. The number of hydrogen-bond donors (Lipinski definition) is 2. The van der Waals surface area contributed by atoms with Gasteiger partial charge in [0.15, 0.2) is 0 Å². The van der Waals surface area contributed by atoms with Crippen molar-refractivity contribution in [2.45, 2.75) is 6.92 Å². The smallest absolute Gasteiger partial charge is 0.231 e. The molecule has 0 spiro atoms. The normalized spacial score (nSPS) is 10.3. The molecule has 0 bridgehead atoms. The summed E-state index contributed by atoms with van der Waals surface area (Å²) in [6.07, 6.45) is 0. The summed E-state index contributed by atoms with van der Waals surface area (Å²) in [6, 6.07) is 17.4. The van der Waals surface area contributed by atoms with E-state index in [0.29, 0.717) is 11.8 Å². The van der Waals surface area contributed by atoms with Crippen LogP contribution in [0.15, 0.2) is 54.6 Å². The molecule has 0 aliphatic rings. The van der Waals surface area contributed by atoms with Crippen LogP contribution in [-0.2, 0) is 4.79 Å². The van der Waals surface area contributed by atoms with E-state index in [4.69, 9.17) is 0 Å². The molecule has 0 saturated heterocycles. The molecule has 3 aromatic rings. The standard InChI is InChI=1S/C16H14N4O/c1-11(21)17-16-19-14-10-6-5-9-13(14)15(20-16)18-12-7-3-2-4-8-12/h2-10H,1H3,(H2,17,18,19,20,21). The molecular formula is C16H14N4O. The minimum Gasteiger partial charge on any atom is -0.340 e. The molecule has 21 heavy (non-hydrogen) atoms. The third kappa shape index (κ3) is 2.97. The predicted molar refractivity (Wildman–Crippen MR) is 83.6 cm³/mol. The van der Waals surface area contributed by atoms with Crippen LogP contribution >= 0.6 is 0 Å². The van der Waals surface area contributed by atoms with Gasteiger partial charge in [-0.25, -0.2) is 4.98 Å². The third-order valence-corrected chi connectivity index (χ3v) is 2.93. The molecule has 5 heteroatoms. The number of benzene rings is 2. The van der Waals surface area contributed by atoms with E-state index in [-0.39, 0.29) is 5.91 Å². The quantitative estimate of drug-likeness (QED) is 0.771. The average molecular weight is 278 g/mol. The molecule has 0 fully saturated rings. The minimum absolute atomic E-state index is 0.198. The Bertz CT molecular complexity index is 787. The number of amides is 1. The van der Waals surface area contributed by atoms with Crippen molar-refractivity contribution in [3.63, 3.8) is 0 Å². The summed E-state index contributed by atoms with van der Waals surface area (Å²) in [5.41, 5.74) is 1.70. The monoisotopic (exact) mass is 278 g/mol. The molecule has 1 aromatic heterocycles. The zero-order valence-corrected chi connectivity index (χ0v) is 11.5. The number of carbonyl (C=O) groups is 1. The second-order valence-electron chi connectivity index (χ2n) is 4.59. The summed E-state index contributed by atoms with van der Waals surface area (Å²) in [6.45, 7) is 1.43. The number of anilines is 3. The van der Waals surface area contributed by atoms with Crippen molar-refractivity contribution in [1.82, 2.24) is 9.97 Å². The summed E-state index contributed by atoms with van der Waals surface area (Å²) in [5.74, 6) is 0.756. The first kappa shape index (κ1) is 13.1. The zero-order valence-electron chi connectivity index (χ0n) is 11.5. The Morgan fingerprint density at radius 3 is 2.43 bits per heavy atom. The number of carbonyl (C=O) groups excluding carboxylic acids is 1. The van der Waals surface area contributed by atoms with Gasteiger partial charge in [0, 0.05) is 18.0 Å². The van der Waals surface area contributed by atoms with Crippen LogP contribution in [0.2, 0.25) is 0 Å². The van der Waals surface area contributed by atoms with Gasteiger partial charge in [0.2, 0.25) is 11.9 Å². The summed E-state index contributed by atoms with van der Waals surface area (Å²) in [4.78, 5) is 19.9. The molecule has 0 aliphatic heterocycles. The van der Waals surface area contributed by atoms with Gasteiger partial charge in [0.25, 0.3) is 0 Å². The van der Waals surface area contributed by atoms with E-state index in [9.17, 15) is 4.79 Å². The fraction of sp³-hybridized carbons (Fsp3) is 0.0625. The van der Waals surface area contributed by atoms with Gasteiger partial charge < -0.3 is 5.32 Å². The Hall–Kier alpha value is -2.95. The summed E-state index contributed by atoms with van der Waals surface area (Å²) in [5, 5.41) is 6.78. The van der Waals surface area contributed by atoms with Crippen molar-refractivity contribution in [1.29, 1.82) is 0 Å². The molecule has 1 amide bonds. The van der Waals surface area contributed by atoms with Crippen LogP contribution in [0.5, 0.6) is 0 Å². The maximum atomic E-state index is 11.2. The highest BCUT2D eigenvalue weighted by atomic mass is 16.1. The Balaban J connectivity index is 2.08. The van der Waals surface area contributed by atoms with E-state index in [1.54, 1.807) is 0 Å². The molecule has 0 radical (unpaired) electrons. The topological polar surface area (TPSA) is 66.9 Å². The van der Waals surface area contributed by atoms with Gasteiger partial charge in [-0.1, -0.05) is 30.3 Å². The number of nitrogens with one attached hydrogen (secondary N) is 2. The van der Waals surface area contributed by atoms with Gasteiger partial charge in [-0.15, -0.1) is 0 Å². The van der Waals surface area contributed by atoms with Gasteiger partial charge in [-0.2, -0.15) is 4.98 Å². The predicted octanol–water partition coefficient (Wildman–Crippen LogP) is 3.33. The van der Waals surface area contributed by atoms with Crippen molar-refractivity contribution in [3.8, 4) is 0 Å². The number of aromatic nitrogens is 2. The highest BCUT2D eigenvalue weighted by Crippen LogP contribution is 2.24. The average Bonchev–Trinajstić information content (AvgIpc) is 2.47. The first-order chi connectivity index (χ1) is 10.2. The van der Waals surface area contributed by atoms with Gasteiger partial charge in [-0.05, 0) is 24.3 Å². The number of fused-ring (bicyclic) bond motifs is 1. The molecule has 0 unspecified atom stereocenters. The van der Waals surface area contributed by atoms with Crippen LogP contribution in [0, 0.1) is 0 Å². The fourth-order valence-corrected chi connectivity index (χ4v) is 2.04. The van der Waals surface area contributed by atoms with Crippen molar-refractivity contribution >= 4 is 34.3 Å². The van der Waals surface area contributed by atoms with Gasteiger partial charge >= 0.3 is 0 Å². The summed E-state index contributed by atoms with van der Waals surface area (Å²) >= 11 is 0. The number of rotatable bonds is 3. The second kappa shape index (κ2) is 5.58. The molecule has 2 N–H and O–H groups in total. The number of para-hydroxylation sites is 2. The largest absolute Gasteiger partial charge is 0.340 e. The maximum absolute atomic E-state index is 11.2. The van der Waals surface area contributed by atoms with E-state index < -0.39 is 0 Å². The van der Waals surface area contributed by atoms with E-state index in [1.165, 1.54) is 6.92 Å². The lowest BCUT2D eigenvalue weighted by Gasteiger charge is -2.10. The maximum Gasteiger partial charge on any atom is 0.231 e. The van der Waals surface area contributed by atoms with Crippen LogP contribution in [0.25, 0.3) is 10.9 Å². The van der Waals surface area contributed by atoms with Crippen LogP contribution in [0.1, 0.15) is 6.92 Å². The van der Waals surface area contributed by atoms with E-state index in [0.717, 1.165) is 16.6 Å². The highest BCUT2D eigenvalue weighted by Gasteiger charge is 2.08. The molecule has 0 saturated carbocycles. The first-order valence-corrected chi connectivity index (χ1v) is 6.59. The van der Waals surface area contributed by atoms with Crippen LogP contribution in [0.4, 0.5) is 17.5 Å². The van der Waals surface area contributed by atoms with Crippen LogP contribution < -0.4 is 10.6 Å². The molecule has 104 valence electrons. The van der Waals surface area contributed by atoms with Crippen LogP contribution in [0.3, 0.4) is 0 Å². The summed E-state index contributed by atoms with van der Waals surface area (Å²) in [7, 11) is 0. The van der Waals surface area contributed by atoms with Crippen molar-refractivity contribution < 1.29 is 4.79 Å². The van der Waals surface area contributed by atoms with Gasteiger partial charge in [-0.3, -0.25) is 10.1 Å². The number of nitrogens with zero attached hydrogens (tertiary/aromatic N) is 2. The molecule has 3 rings (SSSR count). The molecular weight excluding hydrogens is 264 g/mol. The molecule has 1 heterocycles. The summed E-state index contributed by atoms with van der Waals surface area (Å²) < 4.78 is 0. The Morgan fingerprint density at radius 1 is 0.952 bits per heavy atom. The highest BCUT2D eigenvalue weighted by molar-refractivity contribution is 5.94. The van der Waals surface area contributed by atoms with E-state index in [1.807, 2.05) is 54.6 Å². The molecule has 5 nitrogen and oxygen atoms in total. The Morgan fingerprint density at radius 2 is 1.67 bits per heavy atom. The fourth-order valence-electron chi connectivity index (χ4n) is 2.04. The number of hydrogen-bond acceptors (Lipinski definition) is 4. The van der Waals surface area contributed by atoms with Crippen LogP contribution in [-0.4, -0.2) is 15.9 Å².